The van der Waals surface area contributed by atoms with Crippen molar-refractivity contribution in [2.75, 3.05) is 34.9 Å². The second kappa shape index (κ2) is 69.1. The molecule has 6 rings (SSSR count). The molecule has 0 heterocycles. The number of primary amides is 2. The van der Waals surface area contributed by atoms with Crippen LogP contribution < -0.4 is 33.2 Å². The smallest absolute Gasteiger partial charge is 0.308 e. The van der Waals surface area contributed by atoms with E-state index in [4.69, 9.17) is 26.7 Å². The van der Waals surface area contributed by atoms with Crippen LogP contribution in [0.1, 0.15) is 364 Å². The summed E-state index contributed by atoms with van der Waals surface area (Å²) in [5.74, 6) is -4.78. The minimum absolute atomic E-state index is 0.0871. The van der Waals surface area contributed by atoms with Gasteiger partial charge < -0.3 is 57.9 Å². The van der Waals surface area contributed by atoms with Gasteiger partial charge in [-0.05, 0) is 186 Å². The van der Waals surface area contributed by atoms with E-state index in [9.17, 15) is 53.7 Å². The second-order valence-electron chi connectivity index (χ2n) is 34.9. The number of nitrogen functional groups attached to an aromatic ring is 1. The number of aliphatic hydroxyl groups is 2. The average Bonchev–Trinajstić information content (AvgIpc) is 0.841. The molecule has 6 unspecified atom stereocenters. The number of rotatable bonds is 66. The lowest BCUT2D eigenvalue weighted by Gasteiger charge is -2.22. The molecule has 0 bridgehead atoms. The van der Waals surface area contributed by atoms with E-state index in [2.05, 4.69) is 81.4 Å². The van der Waals surface area contributed by atoms with Gasteiger partial charge in [0.25, 0.3) is 11.8 Å². The predicted molar refractivity (Wildman–Crippen MR) is 527 cm³/mol. The minimum Gasteiger partial charge on any atom is -0.510 e. The fourth-order valence-corrected chi connectivity index (χ4v) is 15.6. The van der Waals surface area contributed by atoms with Crippen LogP contribution in [0.2, 0.25) is 0 Å². The van der Waals surface area contributed by atoms with Gasteiger partial charge in [0.1, 0.15) is 11.5 Å². The van der Waals surface area contributed by atoms with E-state index in [0.29, 0.717) is 90.9 Å². The van der Waals surface area contributed by atoms with Crippen LogP contribution in [-0.4, -0.2) is 76.0 Å². The highest BCUT2D eigenvalue weighted by Crippen LogP contribution is 2.34. The first-order valence-electron chi connectivity index (χ1n) is 48.8. The number of benzene rings is 6. The summed E-state index contributed by atoms with van der Waals surface area (Å²) in [5, 5.41) is 53.5. The number of amides is 5. The summed E-state index contributed by atoms with van der Waals surface area (Å²) in [6.45, 7) is 16.1. The van der Waals surface area contributed by atoms with E-state index in [1.165, 1.54) is 217 Å². The molecule has 23 nitrogen and oxygen atoms in total. The van der Waals surface area contributed by atoms with Gasteiger partial charge >= 0.3 is 17.9 Å². The van der Waals surface area contributed by atoms with Crippen LogP contribution in [-0.2, 0) is 49.5 Å². The van der Waals surface area contributed by atoms with Crippen LogP contribution in [0.4, 0.5) is 34.1 Å². The molecule has 0 aliphatic heterocycles. The van der Waals surface area contributed by atoms with Crippen molar-refractivity contribution in [1.29, 1.82) is 0 Å². The zero-order valence-electron chi connectivity index (χ0n) is 79.7. The topological polar surface area (TPSA) is 379 Å². The fraction of sp³-hybridized carbons (Fsp3) is 0.551. The lowest BCUT2D eigenvalue weighted by Crippen LogP contribution is -2.25. The Balaban J connectivity index is 0.000000458. The molecule has 0 saturated carbocycles. The lowest BCUT2D eigenvalue weighted by molar-refractivity contribution is -0.149. The number of anilines is 4. The molecule has 130 heavy (non-hydrogen) atoms. The van der Waals surface area contributed by atoms with Gasteiger partial charge in [0.05, 0.1) is 48.8 Å². The van der Waals surface area contributed by atoms with E-state index >= 15 is 0 Å². The largest absolute Gasteiger partial charge is 0.510 e. The quantitative estimate of drug-likeness (QED) is 0.00428. The number of nitrogens with two attached hydrogens (primary N) is 3. The third-order valence-corrected chi connectivity index (χ3v) is 23.8. The Labute approximate surface area is 777 Å². The number of aliphatic hydroxyl groups excluding tert-OH is 2. The van der Waals surface area contributed by atoms with Crippen molar-refractivity contribution >= 4 is 81.6 Å². The molecule has 0 aliphatic rings. The first-order chi connectivity index (χ1) is 62.9. The maximum absolute atomic E-state index is 14.0. The van der Waals surface area contributed by atoms with Crippen molar-refractivity contribution in [3.8, 4) is 0 Å². The van der Waals surface area contributed by atoms with Gasteiger partial charge in [0.2, 0.25) is 17.7 Å². The Morgan fingerprint density at radius 3 is 1.17 bits per heavy atom. The van der Waals surface area contributed by atoms with Gasteiger partial charge in [-0.1, -0.05) is 325 Å². The highest BCUT2D eigenvalue weighted by molar-refractivity contribution is 6.05. The Kier molecular flexibility index (Phi) is 59.3. The summed E-state index contributed by atoms with van der Waals surface area (Å²) in [7, 11) is 0. The molecule has 6 aromatic carbocycles. The van der Waals surface area contributed by atoms with Gasteiger partial charge in [-0.2, -0.15) is 10.2 Å². The number of hydrogen-bond acceptors (Lipinski definition) is 17. The second-order valence-corrected chi connectivity index (χ2v) is 34.9. The summed E-state index contributed by atoms with van der Waals surface area (Å²) in [6.07, 6.45) is 49.4. The maximum Gasteiger partial charge on any atom is 0.308 e. The number of allylic oxidation sites excluding steroid dienone is 2. The number of carbonyl (C=O) groups is 8. The van der Waals surface area contributed by atoms with Gasteiger partial charge in [0, 0.05) is 34.2 Å². The molecule has 6 aromatic rings. The van der Waals surface area contributed by atoms with Crippen LogP contribution in [0, 0.1) is 23.7 Å². The summed E-state index contributed by atoms with van der Waals surface area (Å²) in [5.41, 5.74) is 21.5. The number of aliphatic carboxylic acids is 1. The first kappa shape index (κ1) is 111. The number of esters is 2. The summed E-state index contributed by atoms with van der Waals surface area (Å²) in [4.78, 5) is 99.0. The molecule has 23 heteroatoms. The monoisotopic (exact) mass is 1790 g/mol. The molecule has 0 radical (unpaired) electrons. The van der Waals surface area contributed by atoms with E-state index in [1.54, 1.807) is 84.9 Å². The lowest BCUT2D eigenvalue weighted by atomic mass is 9.85. The number of ether oxygens (including phenoxy) is 2. The van der Waals surface area contributed by atoms with Crippen LogP contribution in [0.15, 0.2) is 201 Å². The molecule has 0 saturated heterocycles. The van der Waals surface area contributed by atoms with Crippen LogP contribution >= 0.6 is 0 Å². The van der Waals surface area contributed by atoms with E-state index in [1.807, 2.05) is 57.2 Å². The van der Waals surface area contributed by atoms with E-state index in [0.717, 1.165) is 57.8 Å². The van der Waals surface area contributed by atoms with Gasteiger partial charge in [-0.15, -0.1) is 10.2 Å². The number of carboxylic acid groups (broad SMARTS) is 1. The average molecular weight is 1790 g/mol. The van der Waals surface area contributed by atoms with Crippen molar-refractivity contribution in [1.82, 2.24) is 0 Å². The molecular weight excluding hydrogens is 1630 g/mol. The standard InChI is InChI=1S/C54H79N5O6.C36H62O4.C17H17N5O3/c1-5-7-8-9-10-11-12-13-14-15-16-17-18-19-20-24-38-65-54(64)41(3)30-33-46(35-34-44(6-2)45-26-22-21-23-27-45)52(62)56-48-28-25-29-49(40-48)57-53(63)51(42(4)60)59-58-47-36-31-43(32-37-47)39-50(55)61;1-4-6-7-8-9-10-11-12-13-14-15-16-17-18-19-23-30-40-36(39)31(3)26-27-34(33-24-21-20-22-25-33)29-28-32(5-2)35(37)38;1-10(23)15(17(25)20-13-6-3-5-12(18)9-13)22-21-14-7-2-4-11(8-14)16(19)24/h21-23,25-29,31-32,36-37,40-41,44,46,60H,5-20,24,30,33-35,38-39H2,1-4H3,(H2,55,61)(H,56,62)(H,57,63);20-22,24-25,31-32,34H,4-19,23,26-30H2,1-3H3,(H,37,38);2-9,23H,18H2,1H3,(H2,19,24)(H,20,25). The third-order valence-electron chi connectivity index (χ3n) is 23.8. The Bertz CT molecular complexity index is 4320. The normalized spacial score (nSPS) is 13.0. The zero-order valence-corrected chi connectivity index (χ0v) is 79.7. The molecule has 0 aromatic heterocycles. The van der Waals surface area contributed by atoms with Gasteiger partial charge in [0.15, 0.2) is 11.4 Å². The number of nitrogens with one attached hydrogen (secondary N) is 3. The highest BCUT2D eigenvalue weighted by atomic mass is 16.5. The number of azo groups is 2. The molecule has 0 fully saturated rings. The minimum atomic E-state index is -0.708. The number of unbranched alkanes of at least 4 members (excludes halogenated alkanes) is 30. The van der Waals surface area contributed by atoms with Crippen molar-refractivity contribution in [2.24, 2.45) is 55.6 Å². The molecule has 12 N–H and O–H groups in total. The summed E-state index contributed by atoms with van der Waals surface area (Å²) in [6, 6.07) is 46.7. The van der Waals surface area contributed by atoms with Gasteiger partial charge in [-0.3, -0.25) is 38.4 Å². The van der Waals surface area contributed by atoms with Crippen molar-refractivity contribution in [2.45, 2.75) is 343 Å². The fourth-order valence-electron chi connectivity index (χ4n) is 15.6. The zero-order chi connectivity index (χ0) is 94.7. The third kappa shape index (κ3) is 50.4. The highest BCUT2D eigenvalue weighted by Gasteiger charge is 2.27. The van der Waals surface area contributed by atoms with Crippen LogP contribution in [0.5, 0.6) is 0 Å². The maximum atomic E-state index is 14.0. The molecule has 714 valence electrons. The molecule has 5 amide bonds. The Hall–Kier alpha value is -10.8. The predicted octanol–water partition coefficient (Wildman–Crippen LogP) is 27.7. The van der Waals surface area contributed by atoms with Crippen molar-refractivity contribution in [3.63, 3.8) is 0 Å². The first-order valence-corrected chi connectivity index (χ1v) is 48.8. The molecule has 0 spiro atoms. The van der Waals surface area contributed by atoms with Crippen molar-refractivity contribution in [3.05, 3.63) is 203 Å². The number of hydrogen-bond donors (Lipinski definition) is 9. The molecule has 6 atom stereocenters. The molecular formula is C107H158N10O13. The van der Waals surface area contributed by atoms with E-state index < -0.39 is 29.6 Å². The van der Waals surface area contributed by atoms with Crippen molar-refractivity contribution < 1.29 is 63.1 Å². The SMILES string of the molecule is CC(O)=C(N=Nc1cccc(C(N)=O)c1)C(=O)Nc1cccc(N)c1.CCCCCCCCCCCCCCCCCCOC(=O)C(C)CCC(CCC(CC)C(=O)O)c1ccccc1.CCCCCCCCCCCCCCCCCCOC(=O)C(C)CCC(CCC(CC)c1ccccc1)C(=O)Nc1cccc(NC(=O)C(N=Nc2ccc(CC(N)=O)cc2)=C(C)O)c1. The summed E-state index contributed by atoms with van der Waals surface area (Å²) >= 11 is 0. The Morgan fingerprint density at radius 1 is 0.377 bits per heavy atom. The van der Waals surface area contributed by atoms with Crippen LogP contribution in [0.3, 0.4) is 0 Å². The Morgan fingerprint density at radius 2 is 0.754 bits per heavy atom. The summed E-state index contributed by atoms with van der Waals surface area (Å²) < 4.78 is 11.3. The number of nitrogens with zero attached hydrogens (tertiary/aromatic N) is 4. The number of carbonyl (C=O) groups excluding carboxylic acids is 7. The number of carboxylic acids is 1. The van der Waals surface area contributed by atoms with E-state index in [-0.39, 0.29) is 82.3 Å². The van der Waals surface area contributed by atoms with Gasteiger partial charge in [-0.25, -0.2) is 0 Å². The molecule has 0 aliphatic carbocycles. The van der Waals surface area contributed by atoms with Crippen LogP contribution in [0.25, 0.3) is 0 Å².